The molecule has 9 heteroatoms. The van der Waals surface area contributed by atoms with E-state index in [4.69, 9.17) is 0 Å². The van der Waals surface area contributed by atoms with Crippen LogP contribution in [0.5, 0.6) is 0 Å². The van der Waals surface area contributed by atoms with Crippen molar-refractivity contribution < 1.29 is 9.59 Å². The number of aromatic nitrogens is 3. The van der Waals surface area contributed by atoms with E-state index in [1.807, 2.05) is 29.1 Å². The first kappa shape index (κ1) is 19.1. The van der Waals surface area contributed by atoms with Gasteiger partial charge in [-0.2, -0.15) is 0 Å². The number of benzene rings is 1. The highest BCUT2D eigenvalue weighted by atomic mass is 32.1. The molecule has 150 valence electrons. The molecule has 0 aliphatic carbocycles. The normalized spacial score (nSPS) is 16.4. The third-order valence-electron chi connectivity index (χ3n) is 4.76. The Balaban J connectivity index is 1.38. The van der Waals surface area contributed by atoms with E-state index in [1.54, 1.807) is 24.3 Å². The van der Waals surface area contributed by atoms with E-state index < -0.39 is 0 Å². The minimum atomic E-state index is -0.124. The fraction of sp³-hybridized carbons (Fsp3) is 0.300. The predicted octanol–water partition coefficient (Wildman–Crippen LogP) is 3.14. The van der Waals surface area contributed by atoms with Gasteiger partial charge in [0.15, 0.2) is 0 Å². The van der Waals surface area contributed by atoms with Gasteiger partial charge in [0.1, 0.15) is 0 Å². The Morgan fingerprint density at radius 2 is 1.69 bits per heavy atom. The largest absolute Gasteiger partial charge is 0.346 e. The summed E-state index contributed by atoms with van der Waals surface area (Å²) in [6, 6.07) is 11.0. The van der Waals surface area contributed by atoms with Crippen LogP contribution in [0.2, 0.25) is 0 Å². The zero-order valence-corrected chi connectivity index (χ0v) is 16.9. The topological polar surface area (TPSA) is 92.2 Å². The number of amides is 2. The van der Waals surface area contributed by atoms with Gasteiger partial charge in [0.05, 0.1) is 5.92 Å². The Kier molecular flexibility index (Phi) is 5.57. The van der Waals surface area contributed by atoms with E-state index in [1.165, 1.54) is 18.3 Å². The van der Waals surface area contributed by atoms with Crippen molar-refractivity contribution in [2.45, 2.75) is 19.8 Å². The van der Waals surface area contributed by atoms with Crippen molar-refractivity contribution in [3.05, 3.63) is 48.8 Å². The molecule has 8 nitrogen and oxygen atoms in total. The molecule has 0 radical (unpaired) electrons. The lowest BCUT2D eigenvalue weighted by Crippen LogP contribution is -2.40. The molecule has 0 unspecified atom stereocenters. The number of carbonyl (C=O) groups excluding carboxylic acids is 2. The van der Waals surface area contributed by atoms with Gasteiger partial charge in [-0.05, 0) is 49.2 Å². The van der Waals surface area contributed by atoms with Crippen molar-refractivity contribution in [3.8, 4) is 5.13 Å². The number of carbonyl (C=O) groups is 2. The molecule has 3 heterocycles. The summed E-state index contributed by atoms with van der Waals surface area (Å²) in [7, 11) is 0. The van der Waals surface area contributed by atoms with Crippen molar-refractivity contribution in [1.29, 1.82) is 0 Å². The molecule has 1 atom stereocenters. The summed E-state index contributed by atoms with van der Waals surface area (Å²) in [5, 5.41) is 15.9. The number of nitrogens with zero attached hydrogens (tertiary/aromatic N) is 4. The van der Waals surface area contributed by atoms with Crippen LogP contribution >= 0.6 is 11.3 Å². The maximum absolute atomic E-state index is 12.8. The van der Waals surface area contributed by atoms with Crippen LogP contribution in [0.25, 0.3) is 5.13 Å². The lowest BCUT2D eigenvalue weighted by Gasteiger charge is -2.31. The molecule has 4 rings (SSSR count). The fourth-order valence-electron chi connectivity index (χ4n) is 3.35. The predicted molar refractivity (Wildman–Crippen MR) is 114 cm³/mol. The second kappa shape index (κ2) is 8.44. The summed E-state index contributed by atoms with van der Waals surface area (Å²) in [5.41, 5.74) is 1.42. The van der Waals surface area contributed by atoms with Crippen molar-refractivity contribution in [3.63, 3.8) is 0 Å². The minimum Gasteiger partial charge on any atom is -0.346 e. The van der Waals surface area contributed by atoms with Gasteiger partial charge in [-0.3, -0.25) is 14.2 Å². The van der Waals surface area contributed by atoms with Gasteiger partial charge in [-0.15, -0.1) is 10.2 Å². The molecule has 1 fully saturated rings. The Morgan fingerprint density at radius 3 is 2.38 bits per heavy atom. The average molecular weight is 411 g/mol. The number of nitrogens with one attached hydrogen (secondary N) is 2. The molecule has 2 amide bonds. The number of piperidine rings is 1. The number of rotatable bonds is 5. The Labute approximate surface area is 172 Å². The van der Waals surface area contributed by atoms with Crippen LogP contribution < -0.4 is 15.5 Å². The van der Waals surface area contributed by atoms with Gasteiger partial charge >= 0.3 is 0 Å². The van der Waals surface area contributed by atoms with E-state index in [0.717, 1.165) is 29.6 Å². The standard InChI is InChI=1S/C20H22N6O2S/c1-14(27)21-16-6-8-17(9-7-16)22-18(28)15-5-4-12-26(13-15)20-24-23-19(29-20)25-10-2-3-11-25/h2-3,6-11,15H,4-5,12-13H2,1H3,(H,21,27)(H,22,28)/t15-/m0/s1. The zero-order chi connectivity index (χ0) is 20.2. The van der Waals surface area contributed by atoms with Gasteiger partial charge in [-0.1, -0.05) is 11.3 Å². The quantitative estimate of drug-likeness (QED) is 0.674. The minimum absolute atomic E-state index is 0.00266. The third-order valence-corrected chi connectivity index (χ3v) is 5.76. The van der Waals surface area contributed by atoms with E-state index in [9.17, 15) is 9.59 Å². The van der Waals surface area contributed by atoms with Crippen LogP contribution in [-0.4, -0.2) is 39.7 Å². The van der Waals surface area contributed by atoms with E-state index >= 15 is 0 Å². The molecule has 2 N–H and O–H groups in total. The second-order valence-corrected chi connectivity index (χ2v) is 7.92. The van der Waals surface area contributed by atoms with Crippen LogP contribution in [-0.2, 0) is 9.59 Å². The van der Waals surface area contributed by atoms with Gasteiger partial charge in [-0.25, -0.2) is 0 Å². The van der Waals surface area contributed by atoms with Crippen LogP contribution in [0.1, 0.15) is 19.8 Å². The van der Waals surface area contributed by atoms with Gasteiger partial charge in [0.25, 0.3) is 0 Å². The number of hydrogen-bond donors (Lipinski definition) is 2. The van der Waals surface area contributed by atoms with Crippen molar-refractivity contribution in [2.75, 3.05) is 28.6 Å². The summed E-state index contributed by atoms with van der Waals surface area (Å²) in [6.45, 7) is 2.95. The number of hydrogen-bond acceptors (Lipinski definition) is 6. The average Bonchev–Trinajstić information content (AvgIpc) is 3.41. The summed E-state index contributed by atoms with van der Waals surface area (Å²) in [4.78, 5) is 26.0. The molecule has 0 bridgehead atoms. The molecule has 3 aromatic rings. The van der Waals surface area contributed by atoms with Crippen molar-refractivity contribution in [2.24, 2.45) is 5.92 Å². The third kappa shape index (κ3) is 4.62. The van der Waals surface area contributed by atoms with Crippen molar-refractivity contribution >= 4 is 39.7 Å². The van der Waals surface area contributed by atoms with E-state index in [2.05, 4.69) is 25.7 Å². The molecule has 1 aliphatic heterocycles. The molecule has 0 saturated carbocycles. The maximum Gasteiger partial charge on any atom is 0.229 e. The van der Waals surface area contributed by atoms with Crippen LogP contribution in [0.15, 0.2) is 48.8 Å². The summed E-state index contributed by atoms with van der Waals surface area (Å²) in [5.74, 6) is -0.240. The first-order valence-electron chi connectivity index (χ1n) is 9.49. The van der Waals surface area contributed by atoms with Gasteiger partial charge in [0, 0.05) is 43.8 Å². The highest BCUT2D eigenvalue weighted by molar-refractivity contribution is 7.17. The summed E-state index contributed by atoms with van der Waals surface area (Å²) in [6.07, 6.45) is 5.65. The Morgan fingerprint density at radius 1 is 1.03 bits per heavy atom. The molecule has 0 spiro atoms. The SMILES string of the molecule is CC(=O)Nc1ccc(NC(=O)[C@H]2CCCN(c3nnc(-n4cccc4)s3)C2)cc1. The van der Waals surface area contributed by atoms with Crippen LogP contribution in [0, 0.1) is 5.92 Å². The lowest BCUT2D eigenvalue weighted by molar-refractivity contribution is -0.120. The highest BCUT2D eigenvalue weighted by Crippen LogP contribution is 2.28. The smallest absolute Gasteiger partial charge is 0.229 e. The molecule has 1 aromatic carbocycles. The first-order valence-corrected chi connectivity index (χ1v) is 10.3. The summed E-state index contributed by atoms with van der Waals surface area (Å²) < 4.78 is 1.93. The Hall–Kier alpha value is -3.20. The monoisotopic (exact) mass is 410 g/mol. The molecule has 1 aliphatic rings. The zero-order valence-electron chi connectivity index (χ0n) is 16.0. The maximum atomic E-state index is 12.8. The number of anilines is 3. The van der Waals surface area contributed by atoms with Gasteiger partial charge < -0.3 is 15.5 Å². The second-order valence-electron chi connectivity index (χ2n) is 6.99. The summed E-state index contributed by atoms with van der Waals surface area (Å²) >= 11 is 1.52. The molecule has 1 saturated heterocycles. The molecular formula is C20H22N6O2S. The molecular weight excluding hydrogens is 388 g/mol. The fourth-order valence-corrected chi connectivity index (χ4v) is 4.20. The molecule has 2 aromatic heterocycles. The van der Waals surface area contributed by atoms with Gasteiger partial charge in [0.2, 0.25) is 22.1 Å². The Bertz CT molecular complexity index is 983. The lowest BCUT2D eigenvalue weighted by atomic mass is 9.97. The van der Waals surface area contributed by atoms with Crippen LogP contribution in [0.3, 0.4) is 0 Å². The van der Waals surface area contributed by atoms with E-state index in [0.29, 0.717) is 17.9 Å². The van der Waals surface area contributed by atoms with E-state index in [-0.39, 0.29) is 17.7 Å². The highest BCUT2D eigenvalue weighted by Gasteiger charge is 2.28. The van der Waals surface area contributed by atoms with Crippen molar-refractivity contribution in [1.82, 2.24) is 14.8 Å². The van der Waals surface area contributed by atoms with Crippen LogP contribution in [0.4, 0.5) is 16.5 Å². The first-order chi connectivity index (χ1) is 14.1. The molecule has 29 heavy (non-hydrogen) atoms.